The molecule has 0 saturated carbocycles. The fraction of sp³-hybridized carbons (Fsp3) is 0.308. The summed E-state index contributed by atoms with van der Waals surface area (Å²) in [6.07, 6.45) is 0.319. The van der Waals surface area contributed by atoms with Crippen molar-refractivity contribution < 1.29 is 14.7 Å². The molecular formula is C26H32N6O5. The molecule has 2 atom stereocenters. The molecule has 0 aliphatic rings. The molecule has 196 valence electrons. The molecule has 0 fully saturated rings. The quantitative estimate of drug-likeness (QED) is 0.279. The molecular weight excluding hydrogens is 476 g/mol. The zero-order valence-electron chi connectivity index (χ0n) is 21.5. The minimum absolute atomic E-state index is 0.0203. The van der Waals surface area contributed by atoms with E-state index in [1.807, 2.05) is 37.3 Å². The van der Waals surface area contributed by atoms with Crippen molar-refractivity contribution in [2.75, 3.05) is 24.7 Å². The summed E-state index contributed by atoms with van der Waals surface area (Å²) in [6, 6.07) is 12.8. The second-order valence-corrected chi connectivity index (χ2v) is 8.83. The summed E-state index contributed by atoms with van der Waals surface area (Å²) in [4.78, 5) is 52.7. The predicted octanol–water partition coefficient (Wildman–Crippen LogP) is 2.29. The van der Waals surface area contributed by atoms with E-state index in [9.17, 15) is 24.3 Å². The summed E-state index contributed by atoms with van der Waals surface area (Å²) < 4.78 is 0.986. The maximum Gasteiger partial charge on any atom is 0.290 e. The predicted molar refractivity (Wildman–Crippen MR) is 142 cm³/mol. The number of benzene rings is 2. The monoisotopic (exact) mass is 508 g/mol. The van der Waals surface area contributed by atoms with E-state index < -0.39 is 23.1 Å². The van der Waals surface area contributed by atoms with E-state index in [0.717, 1.165) is 10.2 Å². The lowest BCUT2D eigenvalue weighted by Gasteiger charge is -2.23. The van der Waals surface area contributed by atoms with E-state index in [2.05, 4.69) is 21.0 Å². The number of H-pyrrole nitrogens is 1. The van der Waals surface area contributed by atoms with Gasteiger partial charge in [0.2, 0.25) is 5.91 Å². The van der Waals surface area contributed by atoms with Gasteiger partial charge in [-0.15, -0.1) is 0 Å². The highest BCUT2D eigenvalue weighted by atomic mass is 16.3. The van der Waals surface area contributed by atoms with E-state index in [-0.39, 0.29) is 40.3 Å². The lowest BCUT2D eigenvalue weighted by molar-refractivity contribution is -0.122. The lowest BCUT2D eigenvalue weighted by Crippen LogP contribution is -2.42. The smallest absolute Gasteiger partial charge is 0.290 e. The van der Waals surface area contributed by atoms with Crippen molar-refractivity contribution in [1.82, 2.24) is 20.0 Å². The van der Waals surface area contributed by atoms with E-state index >= 15 is 0 Å². The number of nitrogens with zero attached hydrogens (tertiary/aromatic N) is 2. The molecule has 3 rings (SSSR count). The molecule has 2 unspecified atom stereocenters. The molecule has 37 heavy (non-hydrogen) atoms. The number of amides is 2. The van der Waals surface area contributed by atoms with Gasteiger partial charge in [0.15, 0.2) is 5.75 Å². The first kappa shape index (κ1) is 27.1. The number of carbonyl (C=O) groups excluding carboxylic acids is 2. The summed E-state index contributed by atoms with van der Waals surface area (Å²) in [6.45, 7) is 3.62. The highest BCUT2D eigenvalue weighted by molar-refractivity contribution is 5.99. The minimum Gasteiger partial charge on any atom is -0.505 e. The fourth-order valence-electron chi connectivity index (χ4n) is 3.76. The standard InChI is InChI=1S/C26H32N6O5/c1-6-18(23(34)27-15(2)16-11-8-7-9-12-16)28-20-21(26(37)32(5)30-24(20)35)29-19-14-10-13-17(22(19)33)25(36)31(3)4/h7-15,18,28-29,33H,6H2,1-5H3,(H,27,34)(H,30,35). The van der Waals surface area contributed by atoms with Crippen LogP contribution in [0.4, 0.5) is 17.1 Å². The van der Waals surface area contributed by atoms with Gasteiger partial charge in [-0.2, -0.15) is 0 Å². The Morgan fingerprint density at radius 2 is 1.73 bits per heavy atom. The number of aromatic amines is 1. The third kappa shape index (κ3) is 6.00. The number of para-hydroxylation sites is 1. The number of aryl methyl sites for hydroxylation is 1. The van der Waals surface area contributed by atoms with Crippen LogP contribution in [0.1, 0.15) is 42.2 Å². The summed E-state index contributed by atoms with van der Waals surface area (Å²) >= 11 is 0. The summed E-state index contributed by atoms with van der Waals surface area (Å²) in [5.41, 5.74) is -0.618. The van der Waals surface area contributed by atoms with Crippen LogP contribution in [0.25, 0.3) is 0 Å². The Labute approximate surface area is 214 Å². The van der Waals surface area contributed by atoms with Crippen LogP contribution in [0, 0.1) is 0 Å². The van der Waals surface area contributed by atoms with Gasteiger partial charge in [0.1, 0.15) is 17.4 Å². The van der Waals surface area contributed by atoms with Gasteiger partial charge in [-0.3, -0.25) is 29.0 Å². The Morgan fingerprint density at radius 3 is 2.35 bits per heavy atom. The van der Waals surface area contributed by atoms with Gasteiger partial charge in [-0.05, 0) is 31.0 Å². The number of aromatic nitrogens is 2. The van der Waals surface area contributed by atoms with Crippen LogP contribution in [0.15, 0.2) is 58.1 Å². The first-order chi connectivity index (χ1) is 17.5. The second kappa shape index (κ2) is 11.5. The molecule has 11 nitrogen and oxygen atoms in total. The average molecular weight is 509 g/mol. The molecule has 1 aromatic heterocycles. The van der Waals surface area contributed by atoms with Gasteiger partial charge in [-0.25, -0.2) is 0 Å². The second-order valence-electron chi connectivity index (χ2n) is 8.83. The molecule has 3 aromatic rings. The SMILES string of the molecule is CCC(Nc1c(Nc2cccc(C(=O)N(C)C)c2O)c(=O)n(C)[nH]c1=O)C(=O)NC(C)c1ccccc1. The van der Waals surface area contributed by atoms with E-state index in [1.165, 1.54) is 30.1 Å². The largest absolute Gasteiger partial charge is 0.505 e. The first-order valence-electron chi connectivity index (χ1n) is 11.8. The Bertz CT molecular complexity index is 1400. The molecule has 5 N–H and O–H groups in total. The van der Waals surface area contributed by atoms with Gasteiger partial charge in [0, 0.05) is 21.1 Å². The Hall–Kier alpha value is -4.54. The number of anilines is 3. The van der Waals surface area contributed by atoms with Crippen LogP contribution in [-0.2, 0) is 11.8 Å². The number of rotatable bonds is 9. The van der Waals surface area contributed by atoms with Gasteiger partial charge < -0.3 is 26.0 Å². The summed E-state index contributed by atoms with van der Waals surface area (Å²) in [7, 11) is 4.46. The van der Waals surface area contributed by atoms with E-state index in [1.54, 1.807) is 21.0 Å². The number of phenols is 1. The molecule has 1 heterocycles. The summed E-state index contributed by atoms with van der Waals surface area (Å²) in [5.74, 6) is -1.17. The number of phenolic OH excluding ortho intramolecular Hbond substituents is 1. The number of hydrogen-bond acceptors (Lipinski definition) is 7. The maximum absolute atomic E-state index is 13.1. The Morgan fingerprint density at radius 1 is 1.05 bits per heavy atom. The highest BCUT2D eigenvalue weighted by Gasteiger charge is 2.24. The maximum atomic E-state index is 13.1. The zero-order chi connectivity index (χ0) is 27.3. The molecule has 11 heteroatoms. The number of nitrogens with one attached hydrogen (secondary N) is 4. The zero-order valence-corrected chi connectivity index (χ0v) is 21.5. The molecule has 2 aromatic carbocycles. The fourth-order valence-corrected chi connectivity index (χ4v) is 3.76. The normalized spacial score (nSPS) is 12.4. The van der Waals surface area contributed by atoms with Crippen molar-refractivity contribution in [3.8, 4) is 5.75 Å². The van der Waals surface area contributed by atoms with E-state index in [4.69, 9.17) is 0 Å². The van der Waals surface area contributed by atoms with Gasteiger partial charge >= 0.3 is 0 Å². The van der Waals surface area contributed by atoms with E-state index in [0.29, 0.717) is 6.42 Å². The minimum atomic E-state index is -0.838. The van der Waals surface area contributed by atoms with Crippen LogP contribution >= 0.6 is 0 Å². The van der Waals surface area contributed by atoms with Crippen LogP contribution < -0.4 is 27.1 Å². The third-order valence-electron chi connectivity index (χ3n) is 5.90. The van der Waals surface area contributed by atoms with Gasteiger partial charge in [-0.1, -0.05) is 43.3 Å². The number of carbonyl (C=O) groups is 2. The van der Waals surface area contributed by atoms with Crippen molar-refractivity contribution in [3.63, 3.8) is 0 Å². The van der Waals surface area contributed by atoms with Crippen molar-refractivity contribution >= 4 is 28.9 Å². The van der Waals surface area contributed by atoms with Gasteiger partial charge in [0.25, 0.3) is 17.0 Å². The van der Waals surface area contributed by atoms with Crippen molar-refractivity contribution in [1.29, 1.82) is 0 Å². The topological polar surface area (TPSA) is 149 Å². The molecule has 0 radical (unpaired) electrons. The van der Waals surface area contributed by atoms with Crippen LogP contribution in [-0.4, -0.2) is 51.7 Å². The van der Waals surface area contributed by atoms with Crippen molar-refractivity contribution in [3.05, 3.63) is 80.4 Å². The van der Waals surface area contributed by atoms with Crippen LogP contribution in [0.5, 0.6) is 5.75 Å². The molecule has 0 bridgehead atoms. The summed E-state index contributed by atoms with van der Waals surface area (Å²) in [5, 5.41) is 21.8. The molecule has 2 amide bonds. The Balaban J connectivity index is 1.95. The van der Waals surface area contributed by atoms with Gasteiger partial charge in [0.05, 0.1) is 17.3 Å². The lowest BCUT2D eigenvalue weighted by atomic mass is 10.1. The molecule has 0 aliphatic carbocycles. The molecule has 0 spiro atoms. The number of hydrogen-bond donors (Lipinski definition) is 5. The highest BCUT2D eigenvalue weighted by Crippen LogP contribution is 2.31. The average Bonchev–Trinajstić information content (AvgIpc) is 2.87. The number of aromatic hydroxyl groups is 1. The molecule has 0 saturated heterocycles. The van der Waals surface area contributed by atoms with Crippen LogP contribution in [0.2, 0.25) is 0 Å². The Kier molecular flexibility index (Phi) is 8.38. The van der Waals surface area contributed by atoms with Crippen molar-refractivity contribution in [2.24, 2.45) is 7.05 Å². The van der Waals surface area contributed by atoms with Crippen LogP contribution in [0.3, 0.4) is 0 Å². The molecule has 0 aliphatic heterocycles. The first-order valence-corrected chi connectivity index (χ1v) is 11.8. The third-order valence-corrected chi connectivity index (χ3v) is 5.90. The van der Waals surface area contributed by atoms with Crippen molar-refractivity contribution in [2.45, 2.75) is 32.4 Å².